The predicted octanol–water partition coefficient (Wildman–Crippen LogP) is 5.96. The molecule has 5 heteroatoms. The lowest BCUT2D eigenvalue weighted by molar-refractivity contribution is 0.305. The zero-order valence-electron chi connectivity index (χ0n) is 17.1. The molecule has 0 unspecified atom stereocenters. The van der Waals surface area contributed by atoms with E-state index < -0.39 is 0 Å². The molecule has 0 aliphatic heterocycles. The summed E-state index contributed by atoms with van der Waals surface area (Å²) < 4.78 is 5.52. The highest BCUT2D eigenvalue weighted by Crippen LogP contribution is 2.15. The Balaban J connectivity index is 1.98. The summed E-state index contributed by atoms with van der Waals surface area (Å²) in [5, 5.41) is 3.33. The number of hydrogen-bond acceptors (Lipinski definition) is 5. The molecule has 0 saturated carbocycles. The fourth-order valence-corrected chi connectivity index (χ4v) is 3.00. The first kappa shape index (κ1) is 22.5. The van der Waals surface area contributed by atoms with Crippen molar-refractivity contribution in [3.63, 3.8) is 0 Å². The zero-order chi connectivity index (χ0) is 18.9. The van der Waals surface area contributed by atoms with Crippen molar-refractivity contribution in [2.75, 3.05) is 24.2 Å². The second kappa shape index (κ2) is 15.7. The van der Waals surface area contributed by atoms with E-state index in [1.54, 1.807) is 0 Å². The molecule has 5 nitrogen and oxygen atoms in total. The Bertz CT molecular complexity index is 454. The van der Waals surface area contributed by atoms with Gasteiger partial charge in [0.1, 0.15) is 5.82 Å². The summed E-state index contributed by atoms with van der Waals surface area (Å²) >= 11 is 0. The molecular weight excluding hydrogens is 324 g/mol. The van der Waals surface area contributed by atoms with Gasteiger partial charge in [-0.25, -0.2) is 0 Å². The maximum Gasteiger partial charge on any atom is 0.225 e. The van der Waals surface area contributed by atoms with Gasteiger partial charge in [0.25, 0.3) is 0 Å². The van der Waals surface area contributed by atoms with Crippen LogP contribution in [0.5, 0.6) is 5.88 Å². The Hall–Kier alpha value is -1.52. The van der Waals surface area contributed by atoms with Crippen LogP contribution in [0.25, 0.3) is 0 Å². The third-order valence-electron chi connectivity index (χ3n) is 4.51. The largest absolute Gasteiger partial charge is 0.477 e. The first-order valence-corrected chi connectivity index (χ1v) is 10.8. The van der Waals surface area contributed by atoms with Crippen LogP contribution in [-0.4, -0.2) is 23.1 Å². The number of rotatable bonds is 17. The van der Waals surface area contributed by atoms with Crippen molar-refractivity contribution in [2.45, 2.75) is 97.3 Å². The number of nitrogens with zero attached hydrogens (tertiary/aromatic N) is 2. The van der Waals surface area contributed by atoms with Gasteiger partial charge in [-0.15, -0.1) is 0 Å². The van der Waals surface area contributed by atoms with E-state index in [0.717, 1.165) is 25.2 Å². The van der Waals surface area contributed by atoms with Crippen molar-refractivity contribution in [1.29, 1.82) is 0 Å². The average molecular weight is 365 g/mol. The van der Waals surface area contributed by atoms with Gasteiger partial charge >= 0.3 is 0 Å². The van der Waals surface area contributed by atoms with E-state index in [0.29, 0.717) is 12.5 Å². The van der Waals surface area contributed by atoms with Crippen molar-refractivity contribution >= 4 is 11.8 Å². The van der Waals surface area contributed by atoms with Gasteiger partial charge in [0, 0.05) is 12.6 Å². The second-order valence-corrected chi connectivity index (χ2v) is 7.11. The molecule has 0 aliphatic carbocycles. The van der Waals surface area contributed by atoms with E-state index in [-0.39, 0.29) is 5.95 Å². The Morgan fingerprint density at radius 2 is 1.38 bits per heavy atom. The fourth-order valence-electron chi connectivity index (χ4n) is 3.00. The minimum Gasteiger partial charge on any atom is -0.477 e. The lowest BCUT2D eigenvalue weighted by atomic mass is 10.1. The summed E-state index contributed by atoms with van der Waals surface area (Å²) in [4.78, 5) is 8.30. The predicted molar refractivity (Wildman–Crippen MR) is 112 cm³/mol. The number of nitrogens with two attached hydrogens (primary N) is 1. The van der Waals surface area contributed by atoms with E-state index in [2.05, 4.69) is 29.1 Å². The monoisotopic (exact) mass is 364 g/mol. The molecule has 1 rings (SSSR count). The normalized spacial score (nSPS) is 10.8. The quantitative estimate of drug-likeness (QED) is 0.334. The van der Waals surface area contributed by atoms with Crippen LogP contribution in [0.2, 0.25) is 0 Å². The molecule has 0 fully saturated rings. The van der Waals surface area contributed by atoms with Gasteiger partial charge < -0.3 is 15.8 Å². The summed E-state index contributed by atoms with van der Waals surface area (Å²) in [6, 6.07) is 1.83. The molecule has 26 heavy (non-hydrogen) atoms. The summed E-state index contributed by atoms with van der Waals surface area (Å²) in [6.45, 7) is 5.91. The molecule has 1 aromatic heterocycles. The lowest BCUT2D eigenvalue weighted by Gasteiger charge is -2.09. The molecular formula is C21H40N4O. The Kier molecular flexibility index (Phi) is 13.6. The van der Waals surface area contributed by atoms with Gasteiger partial charge in [-0.2, -0.15) is 9.97 Å². The number of aromatic nitrogens is 2. The van der Waals surface area contributed by atoms with Gasteiger partial charge in [0.15, 0.2) is 0 Å². The van der Waals surface area contributed by atoms with Crippen LogP contribution in [0.1, 0.15) is 97.3 Å². The number of anilines is 2. The van der Waals surface area contributed by atoms with Crippen LogP contribution >= 0.6 is 0 Å². The zero-order valence-corrected chi connectivity index (χ0v) is 17.1. The van der Waals surface area contributed by atoms with Crippen molar-refractivity contribution in [3.05, 3.63) is 6.07 Å². The van der Waals surface area contributed by atoms with Gasteiger partial charge in [-0.1, -0.05) is 84.5 Å². The van der Waals surface area contributed by atoms with E-state index in [1.165, 1.54) is 70.6 Å². The minimum atomic E-state index is 0.260. The van der Waals surface area contributed by atoms with E-state index in [9.17, 15) is 0 Å². The van der Waals surface area contributed by atoms with E-state index in [1.807, 2.05) is 6.07 Å². The SMILES string of the molecule is CCCCCCCCCCCCCCNc1cc(OCCC)nc(N)n1. The summed E-state index contributed by atoms with van der Waals surface area (Å²) in [5.41, 5.74) is 5.73. The smallest absolute Gasteiger partial charge is 0.225 e. The van der Waals surface area contributed by atoms with Crippen LogP contribution < -0.4 is 15.8 Å². The number of unbranched alkanes of at least 4 members (excludes halogenated alkanes) is 11. The number of hydrogen-bond donors (Lipinski definition) is 2. The van der Waals surface area contributed by atoms with Crippen molar-refractivity contribution < 1.29 is 4.74 Å². The third kappa shape index (κ3) is 11.9. The van der Waals surface area contributed by atoms with Crippen molar-refractivity contribution in [3.8, 4) is 5.88 Å². The van der Waals surface area contributed by atoms with Gasteiger partial charge in [-0.3, -0.25) is 0 Å². The van der Waals surface area contributed by atoms with Crippen LogP contribution in [0.15, 0.2) is 6.07 Å². The summed E-state index contributed by atoms with van der Waals surface area (Å²) in [5.74, 6) is 1.57. The van der Waals surface area contributed by atoms with Crippen LogP contribution in [-0.2, 0) is 0 Å². The third-order valence-corrected chi connectivity index (χ3v) is 4.51. The minimum absolute atomic E-state index is 0.260. The van der Waals surface area contributed by atoms with Gasteiger partial charge in [0.2, 0.25) is 11.8 Å². The first-order chi connectivity index (χ1) is 12.8. The molecule has 3 N–H and O–H groups in total. The Morgan fingerprint density at radius 1 is 0.808 bits per heavy atom. The maximum atomic E-state index is 5.73. The number of nitrogen functional groups attached to an aromatic ring is 1. The van der Waals surface area contributed by atoms with Crippen molar-refractivity contribution in [1.82, 2.24) is 9.97 Å². The highest BCUT2D eigenvalue weighted by atomic mass is 16.5. The molecule has 0 atom stereocenters. The fraction of sp³-hybridized carbons (Fsp3) is 0.810. The molecule has 0 saturated heterocycles. The maximum absolute atomic E-state index is 5.73. The summed E-state index contributed by atoms with van der Waals surface area (Å²) in [7, 11) is 0. The molecule has 0 spiro atoms. The Morgan fingerprint density at radius 3 is 1.96 bits per heavy atom. The van der Waals surface area contributed by atoms with E-state index in [4.69, 9.17) is 10.5 Å². The second-order valence-electron chi connectivity index (χ2n) is 7.11. The van der Waals surface area contributed by atoms with E-state index >= 15 is 0 Å². The highest BCUT2D eigenvalue weighted by Gasteiger charge is 2.03. The van der Waals surface area contributed by atoms with Crippen LogP contribution in [0.4, 0.5) is 11.8 Å². The standard InChI is InChI=1S/C21H40N4O/c1-3-5-6-7-8-9-10-11-12-13-14-15-16-23-19-18-20(26-17-4-2)25-21(22)24-19/h18H,3-17H2,1-2H3,(H3,22,23,24,25). The average Bonchev–Trinajstić information content (AvgIpc) is 2.63. The van der Waals surface area contributed by atoms with Gasteiger partial charge in [0.05, 0.1) is 6.61 Å². The Labute approximate surface area is 160 Å². The topological polar surface area (TPSA) is 73.1 Å². The molecule has 150 valence electrons. The molecule has 0 amide bonds. The molecule has 1 aromatic rings. The highest BCUT2D eigenvalue weighted by molar-refractivity contribution is 5.42. The van der Waals surface area contributed by atoms with Crippen LogP contribution in [0.3, 0.4) is 0 Å². The summed E-state index contributed by atoms with van der Waals surface area (Å²) in [6.07, 6.45) is 17.3. The number of ether oxygens (including phenoxy) is 1. The van der Waals surface area contributed by atoms with Crippen molar-refractivity contribution in [2.24, 2.45) is 0 Å². The molecule has 0 aliphatic rings. The number of nitrogens with one attached hydrogen (secondary N) is 1. The lowest BCUT2D eigenvalue weighted by Crippen LogP contribution is -2.07. The molecule has 1 heterocycles. The molecule has 0 radical (unpaired) electrons. The van der Waals surface area contributed by atoms with Crippen LogP contribution in [0, 0.1) is 0 Å². The molecule has 0 bridgehead atoms. The van der Waals surface area contributed by atoms with Gasteiger partial charge in [-0.05, 0) is 12.8 Å². The molecule has 0 aromatic carbocycles. The first-order valence-electron chi connectivity index (χ1n) is 10.8.